The molecule has 6 heteroatoms. The van der Waals surface area contributed by atoms with Crippen molar-refractivity contribution in [2.45, 2.75) is 19.8 Å². The van der Waals surface area contributed by atoms with E-state index >= 15 is 0 Å². The minimum absolute atomic E-state index is 0.0433. The average Bonchev–Trinajstić information content (AvgIpc) is 3.27. The number of carbonyl (C=O) groups is 2. The molecular weight excluding hydrogens is 260 g/mol. The van der Waals surface area contributed by atoms with Crippen molar-refractivity contribution in [1.82, 2.24) is 5.43 Å². The van der Waals surface area contributed by atoms with Gasteiger partial charge in [-0.3, -0.25) is 4.79 Å². The third-order valence-electron chi connectivity index (χ3n) is 2.91. The number of rotatable bonds is 6. The Kier molecular flexibility index (Phi) is 4.34. The van der Waals surface area contributed by atoms with E-state index in [1.165, 1.54) is 0 Å². The molecule has 0 aromatic heterocycles. The summed E-state index contributed by atoms with van der Waals surface area (Å²) < 4.78 is 4.97. The van der Waals surface area contributed by atoms with E-state index in [1.54, 1.807) is 31.2 Å². The minimum atomic E-state index is -1.27. The van der Waals surface area contributed by atoms with Crippen molar-refractivity contribution in [2.24, 2.45) is 11.0 Å². The molecule has 1 fully saturated rings. The van der Waals surface area contributed by atoms with Crippen LogP contribution in [0.15, 0.2) is 29.4 Å². The molecule has 6 nitrogen and oxygen atoms in total. The van der Waals surface area contributed by atoms with Crippen LogP contribution in [0.3, 0.4) is 0 Å². The van der Waals surface area contributed by atoms with Gasteiger partial charge in [-0.2, -0.15) is 5.10 Å². The van der Waals surface area contributed by atoms with Crippen LogP contribution in [0.5, 0.6) is 5.75 Å². The molecule has 0 bridgehead atoms. The van der Waals surface area contributed by atoms with Gasteiger partial charge in [0.05, 0.1) is 11.7 Å². The molecule has 1 aliphatic rings. The van der Waals surface area contributed by atoms with Crippen molar-refractivity contribution >= 4 is 17.6 Å². The Labute approximate surface area is 116 Å². The number of carbonyl (C=O) groups excluding carboxylic acids is 2. The lowest BCUT2D eigenvalue weighted by atomic mass is 10.1. The summed E-state index contributed by atoms with van der Waals surface area (Å²) >= 11 is 0. The molecule has 0 spiro atoms. The highest BCUT2D eigenvalue weighted by Gasteiger charge is 2.29. The third-order valence-corrected chi connectivity index (χ3v) is 2.91. The first-order valence-electron chi connectivity index (χ1n) is 6.33. The second kappa shape index (κ2) is 6.18. The lowest BCUT2D eigenvalue weighted by molar-refractivity contribution is -0.307. The number of hydrogen-bond donors (Lipinski definition) is 1. The number of ether oxygens (including phenoxy) is 1. The molecule has 2 rings (SSSR count). The molecule has 1 N–H and O–H groups in total. The summed E-state index contributed by atoms with van der Waals surface area (Å²) in [4.78, 5) is 21.7. The molecule has 1 aliphatic carbocycles. The number of amides is 1. The van der Waals surface area contributed by atoms with Crippen LogP contribution in [-0.2, 0) is 9.59 Å². The maximum Gasteiger partial charge on any atom is 0.243 e. The fourth-order valence-corrected chi connectivity index (χ4v) is 1.57. The van der Waals surface area contributed by atoms with Crippen LogP contribution >= 0.6 is 0 Å². The zero-order chi connectivity index (χ0) is 14.5. The Balaban J connectivity index is 1.92. The lowest BCUT2D eigenvalue weighted by Crippen LogP contribution is -2.28. The van der Waals surface area contributed by atoms with Crippen LogP contribution in [0.1, 0.15) is 25.3 Å². The molecule has 20 heavy (non-hydrogen) atoms. The highest BCUT2D eigenvalue weighted by molar-refractivity contribution is 5.99. The average molecular weight is 275 g/mol. The minimum Gasteiger partial charge on any atom is -0.546 e. The number of hydrogen-bond acceptors (Lipinski definition) is 5. The Bertz CT molecular complexity index is 533. The Morgan fingerprint density at radius 3 is 2.55 bits per heavy atom. The summed E-state index contributed by atoms with van der Waals surface area (Å²) in [6, 6.07) is 6.76. The molecule has 1 saturated carbocycles. The van der Waals surface area contributed by atoms with E-state index in [-0.39, 0.29) is 11.8 Å². The van der Waals surface area contributed by atoms with Crippen LogP contribution in [0, 0.1) is 5.92 Å². The zero-order valence-electron chi connectivity index (χ0n) is 11.1. The van der Waals surface area contributed by atoms with Crippen LogP contribution in [0.25, 0.3) is 0 Å². The first-order valence-corrected chi connectivity index (χ1v) is 6.33. The number of carboxylic acid groups (broad SMARTS) is 1. The van der Waals surface area contributed by atoms with E-state index in [9.17, 15) is 14.7 Å². The van der Waals surface area contributed by atoms with E-state index in [4.69, 9.17) is 4.74 Å². The number of nitrogens with zero attached hydrogens (tertiary/aromatic N) is 1. The molecular formula is C14H15N2O4-. The van der Waals surface area contributed by atoms with Gasteiger partial charge in [0.25, 0.3) is 0 Å². The van der Waals surface area contributed by atoms with Gasteiger partial charge in [0, 0.05) is 5.92 Å². The smallest absolute Gasteiger partial charge is 0.243 e. The normalized spacial score (nSPS) is 14.8. The standard InChI is InChI=1S/C14H16N2O4/c1-9(15-16-14(19)11-2-3-11)10-4-6-12(7-5-10)20-8-13(17)18/h4-7,11H,2-3,8H2,1H3,(H,16,19)(H,17,18)/p-1/b15-9-. The van der Waals surface area contributed by atoms with Gasteiger partial charge in [-0.15, -0.1) is 0 Å². The van der Waals surface area contributed by atoms with Gasteiger partial charge in [0.1, 0.15) is 12.4 Å². The number of nitrogens with one attached hydrogen (secondary N) is 1. The van der Waals surface area contributed by atoms with Gasteiger partial charge in [-0.05, 0) is 49.6 Å². The van der Waals surface area contributed by atoms with Crippen LogP contribution in [-0.4, -0.2) is 24.2 Å². The molecule has 0 atom stereocenters. The third kappa shape index (κ3) is 4.08. The number of hydrazone groups is 1. The fourth-order valence-electron chi connectivity index (χ4n) is 1.57. The summed E-state index contributed by atoms with van der Waals surface area (Å²) in [5.41, 5.74) is 4.02. The second-order valence-electron chi connectivity index (χ2n) is 4.63. The van der Waals surface area contributed by atoms with Crippen molar-refractivity contribution in [3.05, 3.63) is 29.8 Å². The predicted octanol–water partition coefficient (Wildman–Crippen LogP) is 0.0655. The summed E-state index contributed by atoms with van der Waals surface area (Å²) in [6.45, 7) is 1.30. The predicted molar refractivity (Wildman–Crippen MR) is 70.0 cm³/mol. The van der Waals surface area contributed by atoms with E-state index < -0.39 is 12.6 Å². The Morgan fingerprint density at radius 2 is 2.00 bits per heavy atom. The Morgan fingerprint density at radius 1 is 1.35 bits per heavy atom. The molecule has 1 aromatic carbocycles. The van der Waals surface area contributed by atoms with Crippen molar-refractivity contribution in [3.8, 4) is 5.75 Å². The summed E-state index contributed by atoms with van der Waals surface area (Å²) in [5.74, 6) is -0.757. The molecule has 0 saturated heterocycles. The highest BCUT2D eigenvalue weighted by Crippen LogP contribution is 2.28. The molecule has 0 heterocycles. The quantitative estimate of drug-likeness (QED) is 0.587. The second-order valence-corrected chi connectivity index (χ2v) is 4.63. The molecule has 1 amide bonds. The van der Waals surface area contributed by atoms with E-state index in [0.717, 1.165) is 18.4 Å². The summed E-state index contributed by atoms with van der Waals surface area (Å²) in [5, 5.41) is 14.3. The first kappa shape index (κ1) is 14.0. The van der Waals surface area contributed by atoms with Gasteiger partial charge < -0.3 is 14.6 Å². The van der Waals surface area contributed by atoms with Crippen molar-refractivity contribution < 1.29 is 19.4 Å². The summed E-state index contributed by atoms with van der Waals surface area (Å²) in [7, 11) is 0. The van der Waals surface area contributed by atoms with Crippen molar-refractivity contribution in [2.75, 3.05) is 6.61 Å². The fraction of sp³-hybridized carbons (Fsp3) is 0.357. The first-order chi connectivity index (χ1) is 9.56. The molecule has 0 radical (unpaired) electrons. The van der Waals surface area contributed by atoms with E-state index in [1.807, 2.05) is 0 Å². The van der Waals surface area contributed by atoms with Crippen LogP contribution < -0.4 is 15.3 Å². The van der Waals surface area contributed by atoms with Gasteiger partial charge in [-0.25, -0.2) is 5.43 Å². The van der Waals surface area contributed by atoms with Gasteiger partial charge in [0.2, 0.25) is 5.91 Å². The maximum atomic E-state index is 11.4. The number of carboxylic acids is 1. The molecule has 0 aliphatic heterocycles. The van der Waals surface area contributed by atoms with Gasteiger partial charge in [-0.1, -0.05) is 0 Å². The van der Waals surface area contributed by atoms with Gasteiger partial charge >= 0.3 is 0 Å². The van der Waals surface area contributed by atoms with Crippen LogP contribution in [0.2, 0.25) is 0 Å². The molecule has 106 valence electrons. The topological polar surface area (TPSA) is 90.8 Å². The summed E-state index contributed by atoms with van der Waals surface area (Å²) in [6.07, 6.45) is 1.87. The number of aliphatic carboxylic acids is 1. The van der Waals surface area contributed by atoms with E-state index in [0.29, 0.717) is 11.5 Å². The Hall–Kier alpha value is -2.37. The zero-order valence-corrected chi connectivity index (χ0v) is 11.1. The highest BCUT2D eigenvalue weighted by atomic mass is 16.5. The van der Waals surface area contributed by atoms with Crippen molar-refractivity contribution in [1.29, 1.82) is 0 Å². The number of benzene rings is 1. The monoisotopic (exact) mass is 275 g/mol. The SMILES string of the molecule is C/C(=N/NC(=O)C1CC1)c1ccc(OCC(=O)[O-])cc1. The molecule has 1 aromatic rings. The largest absolute Gasteiger partial charge is 0.546 e. The van der Waals surface area contributed by atoms with Crippen molar-refractivity contribution in [3.63, 3.8) is 0 Å². The molecule has 0 unspecified atom stereocenters. The van der Waals surface area contributed by atoms with Crippen LogP contribution in [0.4, 0.5) is 0 Å². The van der Waals surface area contributed by atoms with E-state index in [2.05, 4.69) is 10.5 Å². The van der Waals surface area contributed by atoms with Gasteiger partial charge in [0.15, 0.2) is 0 Å². The lowest BCUT2D eigenvalue weighted by Gasteiger charge is -2.07. The maximum absolute atomic E-state index is 11.4.